The van der Waals surface area contributed by atoms with Gasteiger partial charge in [0, 0.05) is 51.1 Å². The van der Waals surface area contributed by atoms with Crippen molar-refractivity contribution in [3.05, 3.63) is 59.7 Å². The van der Waals surface area contributed by atoms with Gasteiger partial charge in [0.05, 0.1) is 13.2 Å². The molecule has 2 atom stereocenters. The average Bonchev–Trinajstić information content (AvgIpc) is 3.11. The van der Waals surface area contributed by atoms with E-state index in [0.29, 0.717) is 0 Å². The number of nitrogens with zero attached hydrogens (tertiary/aromatic N) is 2. The highest BCUT2D eigenvalue weighted by Gasteiger charge is 2.31. The largest absolute Gasteiger partial charge is 0.497 e. The summed E-state index contributed by atoms with van der Waals surface area (Å²) in [4.78, 5) is 4.98. The number of rotatable bonds is 6. The molecule has 1 saturated heterocycles. The summed E-state index contributed by atoms with van der Waals surface area (Å²) in [6.07, 6.45) is 0.906. The fourth-order valence-corrected chi connectivity index (χ4v) is 4.04. The van der Waals surface area contributed by atoms with E-state index in [0.717, 1.165) is 44.9 Å². The van der Waals surface area contributed by atoms with Crippen molar-refractivity contribution in [1.82, 2.24) is 4.90 Å². The minimum absolute atomic E-state index is 0. The molecule has 0 saturated carbocycles. The first-order chi connectivity index (χ1) is 13.3. The van der Waals surface area contributed by atoms with Gasteiger partial charge >= 0.3 is 0 Å². The molecule has 0 aliphatic carbocycles. The Morgan fingerprint density at radius 3 is 2.17 bits per heavy atom. The van der Waals surface area contributed by atoms with Crippen LogP contribution in [0.5, 0.6) is 5.75 Å². The number of ether oxygens (including phenoxy) is 3. The van der Waals surface area contributed by atoms with Crippen LogP contribution in [-0.2, 0) is 9.47 Å². The first-order valence-corrected chi connectivity index (χ1v) is 9.67. The molecule has 2 aromatic carbocycles. The molecule has 1 fully saturated rings. The second-order valence-corrected chi connectivity index (χ2v) is 7.14. The molecule has 2 unspecified atom stereocenters. The van der Waals surface area contributed by atoms with Crippen LogP contribution in [0.1, 0.15) is 29.9 Å². The minimum Gasteiger partial charge on any atom is -0.497 e. The Morgan fingerprint density at radius 1 is 0.897 bits per heavy atom. The van der Waals surface area contributed by atoms with Crippen LogP contribution in [0.25, 0.3) is 0 Å². The molecule has 5 nitrogen and oxygen atoms in total. The summed E-state index contributed by atoms with van der Waals surface area (Å²) in [5, 5.41) is 0. The summed E-state index contributed by atoms with van der Waals surface area (Å²) in [7, 11) is 3.41. The SMILES string of the molecule is COc1ccc(N2CCN(CCC3OC(OC)c4ccccc43)CC2)cc1.Cl.Cl. The Kier molecular flexibility index (Phi) is 9.05. The van der Waals surface area contributed by atoms with Crippen LogP contribution in [0.4, 0.5) is 5.69 Å². The Hall–Kier alpha value is -1.50. The molecule has 2 aliphatic rings. The van der Waals surface area contributed by atoms with E-state index < -0.39 is 0 Å². The normalized spacial score (nSPS) is 21.1. The van der Waals surface area contributed by atoms with Crippen molar-refractivity contribution in [2.24, 2.45) is 0 Å². The third-order valence-corrected chi connectivity index (χ3v) is 5.62. The summed E-state index contributed by atoms with van der Waals surface area (Å²) in [5.74, 6) is 0.906. The third-order valence-electron chi connectivity index (χ3n) is 5.62. The van der Waals surface area contributed by atoms with Crippen LogP contribution >= 0.6 is 24.8 Å². The van der Waals surface area contributed by atoms with Crippen molar-refractivity contribution in [3.63, 3.8) is 0 Å². The number of anilines is 1. The molecule has 2 aromatic rings. The summed E-state index contributed by atoms with van der Waals surface area (Å²) < 4.78 is 16.8. The second kappa shape index (κ2) is 11.0. The standard InChI is InChI=1S/C22H28N2O3.2ClH/c1-25-18-9-7-17(8-10-18)24-15-13-23(14-16-24)12-11-21-19-5-3-4-6-20(19)22(26-2)27-21;;/h3-10,21-22H,11-16H2,1-2H3;2*1H. The molecular formula is C22H30Cl2N2O3. The lowest BCUT2D eigenvalue weighted by molar-refractivity contribution is -0.144. The Bertz CT molecular complexity index is 752. The van der Waals surface area contributed by atoms with E-state index in [2.05, 4.69) is 46.2 Å². The number of methoxy groups -OCH3 is 2. The minimum atomic E-state index is -0.224. The molecule has 29 heavy (non-hydrogen) atoms. The van der Waals surface area contributed by atoms with Gasteiger partial charge in [-0.2, -0.15) is 0 Å². The highest BCUT2D eigenvalue weighted by Crippen LogP contribution is 2.40. The maximum absolute atomic E-state index is 6.11. The molecule has 0 aromatic heterocycles. The molecule has 0 amide bonds. The highest BCUT2D eigenvalue weighted by atomic mass is 35.5. The lowest BCUT2D eigenvalue weighted by Crippen LogP contribution is -2.46. The smallest absolute Gasteiger partial charge is 0.184 e. The number of hydrogen-bond donors (Lipinski definition) is 0. The Morgan fingerprint density at radius 2 is 1.55 bits per heavy atom. The maximum atomic E-state index is 6.11. The maximum Gasteiger partial charge on any atom is 0.184 e. The first-order valence-electron chi connectivity index (χ1n) is 9.67. The van der Waals surface area contributed by atoms with Crippen molar-refractivity contribution in [3.8, 4) is 5.75 Å². The topological polar surface area (TPSA) is 34.2 Å². The summed E-state index contributed by atoms with van der Waals surface area (Å²) in [5.41, 5.74) is 3.72. The molecule has 0 radical (unpaired) electrons. The van der Waals surface area contributed by atoms with Gasteiger partial charge < -0.3 is 19.1 Å². The van der Waals surface area contributed by atoms with E-state index in [-0.39, 0.29) is 37.2 Å². The van der Waals surface area contributed by atoms with E-state index in [4.69, 9.17) is 14.2 Å². The average molecular weight is 441 g/mol. The molecule has 0 bridgehead atoms. The highest BCUT2D eigenvalue weighted by molar-refractivity contribution is 5.85. The lowest BCUT2D eigenvalue weighted by Gasteiger charge is -2.36. The van der Waals surface area contributed by atoms with Gasteiger partial charge in [0.15, 0.2) is 6.29 Å². The number of hydrogen-bond acceptors (Lipinski definition) is 5. The molecule has 160 valence electrons. The number of benzene rings is 2. The van der Waals surface area contributed by atoms with Gasteiger partial charge in [0.2, 0.25) is 0 Å². The molecular weight excluding hydrogens is 411 g/mol. The summed E-state index contributed by atoms with van der Waals surface area (Å²) in [6, 6.07) is 16.8. The first kappa shape index (κ1) is 23.8. The summed E-state index contributed by atoms with van der Waals surface area (Å²) in [6.45, 7) is 5.30. The van der Waals surface area contributed by atoms with Gasteiger partial charge in [-0.1, -0.05) is 24.3 Å². The van der Waals surface area contributed by atoms with E-state index in [1.165, 1.54) is 16.8 Å². The quantitative estimate of drug-likeness (QED) is 0.661. The van der Waals surface area contributed by atoms with Crippen LogP contribution in [-0.4, -0.2) is 51.8 Å². The van der Waals surface area contributed by atoms with E-state index >= 15 is 0 Å². The third kappa shape index (κ3) is 5.36. The van der Waals surface area contributed by atoms with Crippen LogP contribution < -0.4 is 9.64 Å². The number of fused-ring (bicyclic) bond motifs is 1. The van der Waals surface area contributed by atoms with Crippen LogP contribution in [0.3, 0.4) is 0 Å². The zero-order chi connectivity index (χ0) is 18.6. The van der Waals surface area contributed by atoms with Crippen molar-refractivity contribution in [2.45, 2.75) is 18.8 Å². The van der Waals surface area contributed by atoms with Crippen molar-refractivity contribution >= 4 is 30.5 Å². The number of halogens is 2. The molecule has 0 spiro atoms. The fraction of sp³-hybridized carbons (Fsp3) is 0.455. The van der Waals surface area contributed by atoms with E-state index in [9.17, 15) is 0 Å². The lowest BCUT2D eigenvalue weighted by atomic mass is 10.0. The zero-order valence-corrected chi connectivity index (χ0v) is 18.6. The van der Waals surface area contributed by atoms with Gasteiger partial charge in [-0.25, -0.2) is 0 Å². The van der Waals surface area contributed by atoms with Gasteiger partial charge in [0.1, 0.15) is 5.75 Å². The van der Waals surface area contributed by atoms with Gasteiger partial charge in [-0.05, 0) is 36.2 Å². The van der Waals surface area contributed by atoms with Crippen LogP contribution in [0.15, 0.2) is 48.5 Å². The predicted molar refractivity (Wildman–Crippen MR) is 121 cm³/mol. The Labute approximate surface area is 185 Å². The van der Waals surface area contributed by atoms with E-state index in [1.807, 2.05) is 12.1 Å². The van der Waals surface area contributed by atoms with Gasteiger partial charge in [-0.15, -0.1) is 24.8 Å². The van der Waals surface area contributed by atoms with Gasteiger partial charge in [-0.3, -0.25) is 4.90 Å². The van der Waals surface area contributed by atoms with Crippen LogP contribution in [0.2, 0.25) is 0 Å². The van der Waals surface area contributed by atoms with Crippen molar-refractivity contribution in [1.29, 1.82) is 0 Å². The Balaban J connectivity index is 0.00000150. The molecule has 2 heterocycles. The van der Waals surface area contributed by atoms with Crippen molar-refractivity contribution in [2.75, 3.05) is 51.8 Å². The molecule has 2 aliphatic heterocycles. The second-order valence-electron chi connectivity index (χ2n) is 7.14. The molecule has 7 heteroatoms. The van der Waals surface area contributed by atoms with Crippen molar-refractivity contribution < 1.29 is 14.2 Å². The summed E-state index contributed by atoms with van der Waals surface area (Å²) >= 11 is 0. The predicted octanol–water partition coefficient (Wildman–Crippen LogP) is 4.47. The monoisotopic (exact) mass is 440 g/mol. The zero-order valence-electron chi connectivity index (χ0n) is 17.0. The van der Waals surface area contributed by atoms with E-state index in [1.54, 1.807) is 14.2 Å². The number of piperazine rings is 1. The van der Waals surface area contributed by atoms with Crippen LogP contribution in [0, 0.1) is 0 Å². The molecule has 4 rings (SSSR count). The fourth-order valence-electron chi connectivity index (χ4n) is 4.04. The molecule has 0 N–H and O–H groups in total. The van der Waals surface area contributed by atoms with Gasteiger partial charge in [0.25, 0.3) is 0 Å².